The average molecular weight is 340 g/mol. The minimum Gasteiger partial charge on any atom is -0.331 e. The second kappa shape index (κ2) is 7.81. The molecule has 1 aliphatic rings. The number of hydrogen-bond donors (Lipinski definition) is 0. The first kappa shape index (κ1) is 17.0. The van der Waals surface area contributed by atoms with Gasteiger partial charge in [-0.05, 0) is 37.5 Å². The van der Waals surface area contributed by atoms with Crippen LogP contribution in [0, 0.1) is 0 Å². The van der Waals surface area contributed by atoms with Gasteiger partial charge in [-0.2, -0.15) is 0 Å². The van der Waals surface area contributed by atoms with Crippen LogP contribution in [0.15, 0.2) is 60.7 Å². The molecule has 2 aromatic carbocycles. The Morgan fingerprint density at radius 2 is 1.58 bits per heavy atom. The van der Waals surface area contributed by atoms with Crippen molar-refractivity contribution in [3.8, 4) is 0 Å². The van der Waals surface area contributed by atoms with Crippen LogP contribution in [0.1, 0.15) is 12.8 Å². The molecule has 0 unspecified atom stereocenters. The number of rotatable bonds is 4. The molecule has 0 aromatic heterocycles. The Morgan fingerprint density at radius 3 is 2.08 bits per heavy atom. The first-order valence-corrected chi connectivity index (χ1v) is 10.0. The van der Waals surface area contributed by atoms with Gasteiger partial charge >= 0.3 is 6.03 Å². The Labute approximate surface area is 146 Å². The number of urea groups is 1. The molecule has 1 fully saturated rings. The van der Waals surface area contributed by atoms with Crippen LogP contribution in [0.5, 0.6) is 0 Å². The lowest BCUT2D eigenvalue weighted by atomic mass is 10.2. The standard InChI is InChI=1S/C20H25N2OP/c1-21(2)20(23)22-15-9-10-17(22)16-24(18-11-5-3-6-12-18)19-13-7-4-8-14-19/h3-8,11-14,17H,9-10,15-16H2,1-2H3/t17-/m0/s1. The Balaban J connectivity index is 1.86. The quantitative estimate of drug-likeness (QED) is 0.784. The highest BCUT2D eigenvalue weighted by Gasteiger charge is 2.32. The molecule has 0 spiro atoms. The average Bonchev–Trinajstić information content (AvgIpc) is 3.08. The molecule has 3 nitrogen and oxygen atoms in total. The van der Waals surface area contributed by atoms with Crippen LogP contribution in [-0.2, 0) is 0 Å². The van der Waals surface area contributed by atoms with Crippen molar-refractivity contribution in [2.75, 3.05) is 26.8 Å². The highest BCUT2D eigenvalue weighted by atomic mass is 31.1. The summed E-state index contributed by atoms with van der Waals surface area (Å²) >= 11 is 0. The zero-order valence-electron chi connectivity index (χ0n) is 14.4. The molecule has 0 bridgehead atoms. The smallest absolute Gasteiger partial charge is 0.319 e. The molecule has 4 heteroatoms. The van der Waals surface area contributed by atoms with Crippen molar-refractivity contribution in [2.45, 2.75) is 18.9 Å². The predicted octanol–water partition coefficient (Wildman–Crippen LogP) is 3.27. The molecule has 0 aliphatic carbocycles. The van der Waals surface area contributed by atoms with Crippen LogP contribution in [-0.4, -0.2) is 48.7 Å². The van der Waals surface area contributed by atoms with Gasteiger partial charge < -0.3 is 9.80 Å². The van der Waals surface area contributed by atoms with Gasteiger partial charge in [0.25, 0.3) is 0 Å². The predicted molar refractivity (Wildman–Crippen MR) is 103 cm³/mol. The van der Waals surface area contributed by atoms with E-state index in [0.29, 0.717) is 6.04 Å². The lowest BCUT2D eigenvalue weighted by Gasteiger charge is -2.31. The molecule has 1 aliphatic heterocycles. The number of benzene rings is 2. The van der Waals surface area contributed by atoms with Crippen molar-refractivity contribution >= 4 is 24.6 Å². The molecule has 2 aromatic rings. The highest BCUT2D eigenvalue weighted by molar-refractivity contribution is 7.73. The highest BCUT2D eigenvalue weighted by Crippen LogP contribution is 2.37. The Morgan fingerprint density at radius 1 is 1.04 bits per heavy atom. The summed E-state index contributed by atoms with van der Waals surface area (Å²) in [5, 5.41) is 2.78. The first-order chi connectivity index (χ1) is 11.7. The third kappa shape index (κ3) is 3.79. The van der Waals surface area contributed by atoms with Gasteiger partial charge in [0.15, 0.2) is 0 Å². The molecule has 1 heterocycles. The van der Waals surface area contributed by atoms with Gasteiger partial charge in [0, 0.05) is 26.7 Å². The van der Waals surface area contributed by atoms with E-state index in [1.165, 1.54) is 10.6 Å². The fourth-order valence-corrected chi connectivity index (χ4v) is 5.91. The van der Waals surface area contributed by atoms with E-state index in [4.69, 9.17) is 0 Å². The molecule has 0 N–H and O–H groups in total. The molecule has 2 amide bonds. The van der Waals surface area contributed by atoms with E-state index in [9.17, 15) is 4.79 Å². The van der Waals surface area contributed by atoms with Crippen LogP contribution in [0.25, 0.3) is 0 Å². The fraction of sp³-hybridized carbons (Fsp3) is 0.350. The van der Waals surface area contributed by atoms with Gasteiger partial charge in [0.05, 0.1) is 0 Å². The van der Waals surface area contributed by atoms with E-state index in [2.05, 4.69) is 65.6 Å². The van der Waals surface area contributed by atoms with Crippen molar-refractivity contribution < 1.29 is 4.79 Å². The van der Waals surface area contributed by atoms with E-state index in [1.54, 1.807) is 4.90 Å². The van der Waals surface area contributed by atoms with Crippen LogP contribution < -0.4 is 10.6 Å². The molecule has 24 heavy (non-hydrogen) atoms. The number of amides is 2. The number of carbonyl (C=O) groups is 1. The minimum atomic E-state index is -0.445. The number of likely N-dealkylation sites (tertiary alicyclic amines) is 1. The first-order valence-electron chi connectivity index (χ1n) is 8.52. The summed E-state index contributed by atoms with van der Waals surface area (Å²) in [5.41, 5.74) is 0. The third-order valence-corrected chi connectivity index (χ3v) is 7.16. The maximum absolute atomic E-state index is 12.5. The normalized spacial score (nSPS) is 17.3. The molecule has 0 saturated carbocycles. The maximum Gasteiger partial charge on any atom is 0.319 e. The topological polar surface area (TPSA) is 23.6 Å². The van der Waals surface area contributed by atoms with E-state index in [-0.39, 0.29) is 6.03 Å². The van der Waals surface area contributed by atoms with Crippen LogP contribution in [0.3, 0.4) is 0 Å². The fourth-order valence-electron chi connectivity index (χ4n) is 3.32. The van der Waals surface area contributed by atoms with Gasteiger partial charge in [0.1, 0.15) is 0 Å². The second-order valence-corrected chi connectivity index (χ2v) is 8.70. The molecule has 3 rings (SSSR count). The SMILES string of the molecule is CN(C)C(=O)N1CCC[C@H]1CP(c1ccccc1)c1ccccc1. The monoisotopic (exact) mass is 340 g/mol. The Kier molecular flexibility index (Phi) is 5.52. The van der Waals surface area contributed by atoms with E-state index in [0.717, 1.165) is 25.5 Å². The molecule has 1 saturated heterocycles. The largest absolute Gasteiger partial charge is 0.331 e. The Bertz CT molecular complexity index is 620. The van der Waals surface area contributed by atoms with Crippen molar-refractivity contribution in [1.82, 2.24) is 9.80 Å². The summed E-state index contributed by atoms with van der Waals surface area (Å²) < 4.78 is 0. The van der Waals surface area contributed by atoms with Crippen LogP contribution >= 0.6 is 7.92 Å². The van der Waals surface area contributed by atoms with Gasteiger partial charge in [-0.3, -0.25) is 0 Å². The van der Waals surface area contributed by atoms with Crippen LogP contribution in [0.2, 0.25) is 0 Å². The summed E-state index contributed by atoms with van der Waals surface area (Å²) in [6, 6.07) is 22.0. The number of nitrogens with zero attached hydrogens (tertiary/aromatic N) is 2. The molecule has 0 radical (unpaired) electrons. The zero-order chi connectivity index (χ0) is 16.9. The lowest BCUT2D eigenvalue weighted by molar-refractivity contribution is 0.170. The molecular formula is C20H25N2OP. The number of hydrogen-bond acceptors (Lipinski definition) is 1. The lowest BCUT2D eigenvalue weighted by Crippen LogP contribution is -2.44. The van der Waals surface area contributed by atoms with Gasteiger partial charge in [-0.25, -0.2) is 4.79 Å². The van der Waals surface area contributed by atoms with E-state index < -0.39 is 7.92 Å². The Hall–Kier alpha value is -1.86. The van der Waals surface area contributed by atoms with Crippen molar-refractivity contribution in [3.05, 3.63) is 60.7 Å². The summed E-state index contributed by atoms with van der Waals surface area (Å²) in [7, 11) is 3.24. The van der Waals surface area contributed by atoms with Gasteiger partial charge in [-0.15, -0.1) is 0 Å². The third-order valence-electron chi connectivity index (χ3n) is 4.53. The van der Waals surface area contributed by atoms with Crippen LogP contribution in [0.4, 0.5) is 4.79 Å². The van der Waals surface area contributed by atoms with E-state index >= 15 is 0 Å². The molecule has 1 atom stereocenters. The number of carbonyl (C=O) groups excluding carboxylic acids is 1. The summed E-state index contributed by atoms with van der Waals surface area (Å²) in [4.78, 5) is 16.2. The van der Waals surface area contributed by atoms with Gasteiger partial charge in [-0.1, -0.05) is 60.7 Å². The second-order valence-electron chi connectivity index (χ2n) is 6.45. The maximum atomic E-state index is 12.5. The van der Waals surface area contributed by atoms with Crippen molar-refractivity contribution in [1.29, 1.82) is 0 Å². The minimum absolute atomic E-state index is 0.147. The summed E-state index contributed by atoms with van der Waals surface area (Å²) in [5.74, 6) is 0. The van der Waals surface area contributed by atoms with E-state index in [1.807, 2.05) is 14.1 Å². The molecule has 126 valence electrons. The van der Waals surface area contributed by atoms with Gasteiger partial charge in [0.2, 0.25) is 0 Å². The zero-order valence-corrected chi connectivity index (χ0v) is 15.3. The summed E-state index contributed by atoms with van der Waals surface area (Å²) in [6.45, 7) is 0.883. The summed E-state index contributed by atoms with van der Waals surface area (Å²) in [6.07, 6.45) is 3.26. The van der Waals surface area contributed by atoms with Crippen molar-refractivity contribution in [2.24, 2.45) is 0 Å². The molecular weight excluding hydrogens is 315 g/mol. The van der Waals surface area contributed by atoms with Crippen molar-refractivity contribution in [3.63, 3.8) is 0 Å².